The molecule has 7 heteroatoms. The Morgan fingerprint density at radius 2 is 1.70 bits per heavy atom. The van der Waals surface area contributed by atoms with Crippen LogP contribution in [-0.4, -0.2) is 68.2 Å². The minimum absolute atomic E-state index is 0.0179. The predicted octanol–water partition coefficient (Wildman–Crippen LogP) is 1.41. The Morgan fingerprint density at radius 1 is 1.09 bits per heavy atom. The van der Waals surface area contributed by atoms with Gasteiger partial charge in [-0.15, -0.1) is 0 Å². The van der Waals surface area contributed by atoms with Crippen LogP contribution in [0.2, 0.25) is 0 Å². The van der Waals surface area contributed by atoms with Crippen LogP contribution in [0, 0.1) is 0 Å². The molecule has 0 spiro atoms. The van der Waals surface area contributed by atoms with Gasteiger partial charge in [0.2, 0.25) is 5.91 Å². The van der Waals surface area contributed by atoms with Crippen molar-refractivity contribution in [1.82, 2.24) is 9.80 Å². The van der Waals surface area contributed by atoms with E-state index in [-0.39, 0.29) is 18.5 Å². The molecule has 0 aromatic heterocycles. The number of nitrogens with one attached hydrogen (secondary N) is 1. The summed E-state index contributed by atoms with van der Waals surface area (Å²) in [6.45, 7) is 4.45. The summed E-state index contributed by atoms with van der Waals surface area (Å²) in [5.41, 5.74) is 0.865. The third-order valence-corrected chi connectivity index (χ3v) is 3.69. The van der Waals surface area contributed by atoms with E-state index >= 15 is 0 Å². The summed E-state index contributed by atoms with van der Waals surface area (Å²) in [4.78, 5) is 27.2. The predicted molar refractivity (Wildman–Crippen MR) is 86.7 cm³/mol. The lowest BCUT2D eigenvalue weighted by molar-refractivity contribution is -0.130. The third kappa shape index (κ3) is 4.77. The van der Waals surface area contributed by atoms with E-state index in [0.29, 0.717) is 32.8 Å². The van der Waals surface area contributed by atoms with Crippen molar-refractivity contribution >= 4 is 17.7 Å². The number of amides is 2. The van der Waals surface area contributed by atoms with Gasteiger partial charge < -0.3 is 24.6 Å². The van der Waals surface area contributed by atoms with Crippen LogP contribution in [0.4, 0.5) is 10.5 Å². The van der Waals surface area contributed by atoms with E-state index in [2.05, 4.69) is 5.32 Å². The van der Waals surface area contributed by atoms with E-state index in [1.807, 2.05) is 24.3 Å². The van der Waals surface area contributed by atoms with Gasteiger partial charge in [-0.2, -0.15) is 0 Å². The maximum Gasteiger partial charge on any atom is 0.409 e. The van der Waals surface area contributed by atoms with Gasteiger partial charge in [-0.3, -0.25) is 4.79 Å². The summed E-state index contributed by atoms with van der Waals surface area (Å²) in [5.74, 6) is 0.793. The molecule has 1 aromatic carbocycles. The van der Waals surface area contributed by atoms with Gasteiger partial charge in [0.25, 0.3) is 0 Å². The molecule has 23 heavy (non-hydrogen) atoms. The molecule has 0 saturated carbocycles. The number of carbonyl (C=O) groups excluding carboxylic acids is 2. The van der Waals surface area contributed by atoms with Crippen LogP contribution in [0.5, 0.6) is 5.75 Å². The average Bonchev–Trinajstić information content (AvgIpc) is 2.60. The fourth-order valence-corrected chi connectivity index (χ4v) is 2.35. The normalized spacial score (nSPS) is 14.3. The van der Waals surface area contributed by atoms with Gasteiger partial charge in [-0.1, -0.05) is 0 Å². The number of carbonyl (C=O) groups is 2. The van der Waals surface area contributed by atoms with Crippen molar-refractivity contribution in [2.75, 3.05) is 51.8 Å². The average molecular weight is 321 g/mol. The zero-order chi connectivity index (χ0) is 16.7. The third-order valence-electron chi connectivity index (χ3n) is 3.69. The zero-order valence-electron chi connectivity index (χ0n) is 13.6. The van der Waals surface area contributed by atoms with Crippen molar-refractivity contribution in [3.05, 3.63) is 24.3 Å². The topological polar surface area (TPSA) is 71.1 Å². The first-order chi connectivity index (χ1) is 11.1. The molecular weight excluding hydrogens is 298 g/mol. The van der Waals surface area contributed by atoms with Crippen molar-refractivity contribution in [2.24, 2.45) is 0 Å². The molecule has 2 rings (SSSR count). The molecule has 1 aliphatic heterocycles. The van der Waals surface area contributed by atoms with Gasteiger partial charge in [0, 0.05) is 31.9 Å². The minimum atomic E-state index is -0.309. The molecule has 1 N–H and O–H groups in total. The second-order valence-electron chi connectivity index (χ2n) is 5.15. The Hall–Kier alpha value is -2.44. The fourth-order valence-electron chi connectivity index (χ4n) is 2.35. The number of rotatable bonds is 5. The summed E-state index contributed by atoms with van der Waals surface area (Å²) in [6.07, 6.45) is -0.309. The van der Waals surface area contributed by atoms with E-state index < -0.39 is 0 Å². The van der Waals surface area contributed by atoms with Gasteiger partial charge in [0.15, 0.2) is 0 Å². The van der Waals surface area contributed by atoms with Crippen molar-refractivity contribution in [3.8, 4) is 5.75 Å². The summed E-state index contributed by atoms with van der Waals surface area (Å²) >= 11 is 0. The molecule has 2 amide bonds. The number of piperazine rings is 1. The zero-order valence-corrected chi connectivity index (χ0v) is 13.6. The van der Waals surface area contributed by atoms with Crippen molar-refractivity contribution in [1.29, 1.82) is 0 Å². The molecule has 126 valence electrons. The molecule has 0 bridgehead atoms. The van der Waals surface area contributed by atoms with E-state index in [4.69, 9.17) is 9.47 Å². The molecule has 0 atom stereocenters. The van der Waals surface area contributed by atoms with Crippen molar-refractivity contribution in [3.63, 3.8) is 0 Å². The number of benzene rings is 1. The number of hydrogen-bond donors (Lipinski definition) is 1. The van der Waals surface area contributed by atoms with Gasteiger partial charge in [-0.25, -0.2) is 4.79 Å². The molecule has 1 saturated heterocycles. The van der Waals surface area contributed by atoms with Crippen molar-refractivity contribution < 1.29 is 19.1 Å². The first-order valence-electron chi connectivity index (χ1n) is 7.71. The second-order valence-corrected chi connectivity index (χ2v) is 5.15. The van der Waals surface area contributed by atoms with Gasteiger partial charge in [0.05, 0.1) is 20.3 Å². The second kappa shape index (κ2) is 8.26. The Morgan fingerprint density at radius 3 is 2.26 bits per heavy atom. The van der Waals surface area contributed by atoms with Gasteiger partial charge in [-0.05, 0) is 31.2 Å². The molecule has 1 aromatic rings. The standard InChI is InChI=1S/C16H23N3O4/c1-3-23-16(21)19-10-8-18(9-11-19)15(20)12-17-13-4-6-14(22-2)7-5-13/h4-7,17H,3,8-12H2,1-2H3. The summed E-state index contributed by atoms with van der Waals surface area (Å²) in [6, 6.07) is 7.41. The minimum Gasteiger partial charge on any atom is -0.497 e. The molecule has 1 aliphatic rings. The SMILES string of the molecule is CCOC(=O)N1CCN(C(=O)CNc2ccc(OC)cc2)CC1. The number of nitrogens with zero attached hydrogens (tertiary/aromatic N) is 2. The van der Waals surface area contributed by atoms with E-state index in [1.54, 1.807) is 23.8 Å². The lowest BCUT2D eigenvalue weighted by Crippen LogP contribution is -2.51. The Bertz CT molecular complexity index is 525. The van der Waals surface area contributed by atoms with E-state index in [1.165, 1.54) is 0 Å². The van der Waals surface area contributed by atoms with Gasteiger partial charge in [0.1, 0.15) is 5.75 Å². The highest BCUT2D eigenvalue weighted by Gasteiger charge is 2.24. The summed E-state index contributed by atoms with van der Waals surface area (Å²) < 4.78 is 10.1. The molecule has 0 radical (unpaired) electrons. The first kappa shape index (κ1) is 16.9. The molecule has 1 fully saturated rings. The van der Waals surface area contributed by atoms with Crippen LogP contribution >= 0.6 is 0 Å². The summed E-state index contributed by atoms with van der Waals surface area (Å²) in [7, 11) is 1.61. The highest BCUT2D eigenvalue weighted by molar-refractivity contribution is 5.81. The number of ether oxygens (including phenoxy) is 2. The summed E-state index contributed by atoms with van der Waals surface area (Å²) in [5, 5.41) is 3.10. The fraction of sp³-hybridized carbons (Fsp3) is 0.500. The van der Waals surface area contributed by atoms with E-state index in [9.17, 15) is 9.59 Å². The number of methoxy groups -OCH3 is 1. The van der Waals surface area contributed by atoms with Crippen LogP contribution in [-0.2, 0) is 9.53 Å². The van der Waals surface area contributed by atoms with Crippen LogP contribution in [0.15, 0.2) is 24.3 Å². The van der Waals surface area contributed by atoms with Gasteiger partial charge >= 0.3 is 6.09 Å². The molecule has 1 heterocycles. The largest absolute Gasteiger partial charge is 0.497 e. The quantitative estimate of drug-likeness (QED) is 0.888. The Labute approximate surface area is 136 Å². The monoisotopic (exact) mass is 321 g/mol. The van der Waals surface area contributed by atoms with Crippen LogP contribution < -0.4 is 10.1 Å². The van der Waals surface area contributed by atoms with Crippen LogP contribution in [0.3, 0.4) is 0 Å². The highest BCUT2D eigenvalue weighted by atomic mass is 16.6. The lowest BCUT2D eigenvalue weighted by atomic mass is 10.3. The lowest BCUT2D eigenvalue weighted by Gasteiger charge is -2.34. The number of hydrogen-bond acceptors (Lipinski definition) is 5. The molecular formula is C16H23N3O4. The highest BCUT2D eigenvalue weighted by Crippen LogP contribution is 2.14. The number of anilines is 1. The maximum absolute atomic E-state index is 12.2. The smallest absolute Gasteiger partial charge is 0.409 e. The Kier molecular flexibility index (Phi) is 6.08. The first-order valence-corrected chi connectivity index (χ1v) is 7.71. The maximum atomic E-state index is 12.2. The Balaban J connectivity index is 1.75. The van der Waals surface area contributed by atoms with Crippen molar-refractivity contribution in [2.45, 2.75) is 6.92 Å². The van der Waals surface area contributed by atoms with Crippen LogP contribution in [0.1, 0.15) is 6.92 Å². The molecule has 7 nitrogen and oxygen atoms in total. The van der Waals surface area contributed by atoms with E-state index in [0.717, 1.165) is 11.4 Å². The molecule has 0 unspecified atom stereocenters. The van der Waals surface area contributed by atoms with Crippen LogP contribution in [0.25, 0.3) is 0 Å². The molecule has 0 aliphatic carbocycles.